The molecule has 0 atom stereocenters. The highest BCUT2D eigenvalue weighted by molar-refractivity contribution is 5.84. The molecule has 0 aliphatic rings. The van der Waals surface area contributed by atoms with E-state index in [0.29, 0.717) is 6.54 Å². The largest absolute Gasteiger partial charge is 0.476 e. The highest BCUT2D eigenvalue weighted by atomic mass is 16.5. The van der Waals surface area contributed by atoms with Crippen LogP contribution in [0.15, 0.2) is 6.20 Å². The molecule has 2 N–H and O–H groups in total. The molecule has 1 rings (SSSR count). The Morgan fingerprint density at radius 3 is 2.71 bits per heavy atom. The monoisotopic (exact) mass is 299 g/mol. The number of urea groups is 1. The molecule has 0 fully saturated rings. The maximum absolute atomic E-state index is 11.8. The van der Waals surface area contributed by atoms with E-state index in [1.54, 1.807) is 6.92 Å². The van der Waals surface area contributed by atoms with Crippen molar-refractivity contribution in [1.29, 1.82) is 0 Å². The average molecular weight is 299 g/mol. The summed E-state index contributed by atoms with van der Waals surface area (Å²) in [6.45, 7) is 2.44. The second kappa shape index (κ2) is 7.82. The van der Waals surface area contributed by atoms with Crippen molar-refractivity contribution in [2.75, 3.05) is 26.7 Å². The lowest BCUT2D eigenvalue weighted by Crippen LogP contribution is -2.43. The van der Waals surface area contributed by atoms with Gasteiger partial charge in [-0.3, -0.25) is 4.79 Å². The van der Waals surface area contributed by atoms with Gasteiger partial charge < -0.3 is 20.1 Å². The van der Waals surface area contributed by atoms with Crippen LogP contribution in [-0.4, -0.2) is 69.7 Å². The number of hydrogen-bond donors (Lipinski definition) is 2. The number of aromatic carboxylic acids is 1. The molecule has 0 unspecified atom stereocenters. The molecule has 116 valence electrons. The Balaban J connectivity index is 2.40. The minimum absolute atomic E-state index is 0.134. The Morgan fingerprint density at radius 2 is 2.19 bits per heavy atom. The number of nitrogens with zero attached hydrogens (tertiary/aromatic N) is 4. The van der Waals surface area contributed by atoms with Crippen LogP contribution in [0.2, 0.25) is 0 Å². The van der Waals surface area contributed by atoms with Crippen molar-refractivity contribution >= 4 is 18.0 Å². The number of carbonyl (C=O) groups is 3. The van der Waals surface area contributed by atoms with Crippen LogP contribution in [0.5, 0.6) is 0 Å². The molecule has 0 saturated carbocycles. The van der Waals surface area contributed by atoms with E-state index in [9.17, 15) is 14.4 Å². The quantitative estimate of drug-likeness (QED) is 0.630. The summed E-state index contributed by atoms with van der Waals surface area (Å²) in [5, 5.41) is 18.3. The number of carboxylic acid groups (broad SMARTS) is 1. The fourth-order valence-corrected chi connectivity index (χ4v) is 1.44. The molecule has 2 amide bonds. The lowest BCUT2D eigenvalue weighted by Gasteiger charge is -2.19. The molecule has 0 spiro atoms. The highest BCUT2D eigenvalue weighted by Crippen LogP contribution is 1.93. The normalized spacial score (nSPS) is 10.0. The number of ether oxygens (including phenoxy) is 1. The summed E-state index contributed by atoms with van der Waals surface area (Å²) in [6.07, 6.45) is 1.26. The molecule has 21 heavy (non-hydrogen) atoms. The van der Waals surface area contributed by atoms with Crippen LogP contribution in [0.1, 0.15) is 17.4 Å². The third-order valence-corrected chi connectivity index (χ3v) is 2.59. The van der Waals surface area contributed by atoms with Crippen LogP contribution in [0.4, 0.5) is 4.79 Å². The summed E-state index contributed by atoms with van der Waals surface area (Å²) in [7, 11) is 1.25. The van der Waals surface area contributed by atoms with Crippen molar-refractivity contribution in [2.45, 2.75) is 13.5 Å². The molecule has 10 nitrogen and oxygen atoms in total. The molecule has 1 aromatic heterocycles. The number of methoxy groups -OCH3 is 1. The first kappa shape index (κ1) is 16.4. The summed E-state index contributed by atoms with van der Waals surface area (Å²) in [4.78, 5) is 34.8. The van der Waals surface area contributed by atoms with E-state index in [4.69, 9.17) is 5.11 Å². The van der Waals surface area contributed by atoms with E-state index in [1.165, 1.54) is 22.9 Å². The minimum atomic E-state index is -1.17. The first-order chi connectivity index (χ1) is 9.97. The number of rotatable bonds is 7. The zero-order valence-electron chi connectivity index (χ0n) is 11.8. The fourth-order valence-electron chi connectivity index (χ4n) is 1.44. The molecule has 0 saturated heterocycles. The molecular weight excluding hydrogens is 282 g/mol. The van der Waals surface area contributed by atoms with Crippen molar-refractivity contribution in [3.63, 3.8) is 0 Å². The van der Waals surface area contributed by atoms with Crippen LogP contribution in [0.25, 0.3) is 0 Å². The zero-order chi connectivity index (χ0) is 15.8. The van der Waals surface area contributed by atoms with Gasteiger partial charge in [-0.15, -0.1) is 5.10 Å². The van der Waals surface area contributed by atoms with Gasteiger partial charge in [0.15, 0.2) is 5.69 Å². The molecule has 0 aliphatic carbocycles. The van der Waals surface area contributed by atoms with Gasteiger partial charge in [0.05, 0.1) is 19.9 Å². The Morgan fingerprint density at radius 1 is 1.48 bits per heavy atom. The van der Waals surface area contributed by atoms with Gasteiger partial charge in [0.2, 0.25) is 0 Å². The summed E-state index contributed by atoms with van der Waals surface area (Å²) in [6, 6.07) is -0.415. The molecule has 0 bridgehead atoms. The Bertz CT molecular complexity index is 515. The van der Waals surface area contributed by atoms with Gasteiger partial charge in [-0.2, -0.15) is 0 Å². The Kier molecular flexibility index (Phi) is 6.11. The number of hydrogen-bond acceptors (Lipinski definition) is 6. The van der Waals surface area contributed by atoms with Gasteiger partial charge in [-0.1, -0.05) is 5.21 Å². The zero-order valence-corrected chi connectivity index (χ0v) is 11.8. The summed E-state index contributed by atoms with van der Waals surface area (Å²) in [5.41, 5.74) is -0.165. The second-order valence-electron chi connectivity index (χ2n) is 3.99. The molecule has 0 aliphatic heterocycles. The van der Waals surface area contributed by atoms with Gasteiger partial charge >= 0.3 is 18.0 Å². The number of aromatic nitrogens is 3. The van der Waals surface area contributed by atoms with Crippen LogP contribution in [-0.2, 0) is 16.1 Å². The SMILES string of the molecule is CCN(CC(=O)OC)C(=O)NCCn1cc(C(=O)O)nn1. The van der Waals surface area contributed by atoms with E-state index in [0.717, 1.165) is 0 Å². The van der Waals surface area contributed by atoms with Crippen LogP contribution in [0.3, 0.4) is 0 Å². The molecular formula is C11H17N5O5. The maximum Gasteiger partial charge on any atom is 0.358 e. The number of carbonyl (C=O) groups excluding carboxylic acids is 2. The van der Waals surface area contributed by atoms with Crippen LogP contribution >= 0.6 is 0 Å². The lowest BCUT2D eigenvalue weighted by molar-refractivity contribution is -0.141. The first-order valence-electron chi connectivity index (χ1n) is 6.21. The van der Waals surface area contributed by atoms with Crippen molar-refractivity contribution < 1.29 is 24.2 Å². The van der Waals surface area contributed by atoms with Crippen molar-refractivity contribution in [2.24, 2.45) is 0 Å². The van der Waals surface area contributed by atoms with E-state index in [2.05, 4.69) is 20.4 Å². The minimum Gasteiger partial charge on any atom is -0.476 e. The summed E-state index contributed by atoms with van der Waals surface area (Å²) >= 11 is 0. The van der Waals surface area contributed by atoms with Crippen molar-refractivity contribution in [3.05, 3.63) is 11.9 Å². The number of likely N-dealkylation sites (N-methyl/N-ethyl adjacent to an activating group) is 1. The van der Waals surface area contributed by atoms with Gasteiger partial charge in [-0.05, 0) is 6.92 Å². The summed E-state index contributed by atoms with van der Waals surface area (Å²) in [5.74, 6) is -1.67. The maximum atomic E-state index is 11.8. The standard InChI is InChI=1S/C11H17N5O5/c1-3-15(7-9(17)21-2)11(20)12-4-5-16-6-8(10(18)19)13-14-16/h6H,3-5,7H2,1-2H3,(H,12,20)(H,18,19). The van der Waals surface area contributed by atoms with E-state index in [1.807, 2.05) is 0 Å². The smallest absolute Gasteiger partial charge is 0.358 e. The third-order valence-electron chi connectivity index (χ3n) is 2.59. The Labute approximate surface area is 120 Å². The Hall–Kier alpha value is -2.65. The molecule has 0 aromatic carbocycles. The van der Waals surface area contributed by atoms with Crippen molar-refractivity contribution in [1.82, 2.24) is 25.2 Å². The number of esters is 1. The molecule has 0 radical (unpaired) electrons. The average Bonchev–Trinajstić information content (AvgIpc) is 2.93. The molecule has 1 aromatic rings. The van der Waals surface area contributed by atoms with Crippen LogP contribution < -0.4 is 5.32 Å². The predicted octanol–water partition coefficient (Wildman–Crippen LogP) is -0.819. The van der Waals surface area contributed by atoms with E-state index in [-0.39, 0.29) is 25.3 Å². The second-order valence-corrected chi connectivity index (χ2v) is 3.99. The number of carboxylic acids is 1. The van der Waals surface area contributed by atoms with Gasteiger partial charge in [0.1, 0.15) is 6.54 Å². The fraction of sp³-hybridized carbons (Fsp3) is 0.545. The topological polar surface area (TPSA) is 127 Å². The molecule has 1 heterocycles. The highest BCUT2D eigenvalue weighted by Gasteiger charge is 2.15. The van der Waals surface area contributed by atoms with Crippen molar-refractivity contribution in [3.8, 4) is 0 Å². The van der Waals surface area contributed by atoms with Crippen LogP contribution in [0, 0.1) is 0 Å². The lowest BCUT2D eigenvalue weighted by atomic mass is 10.5. The first-order valence-corrected chi connectivity index (χ1v) is 6.21. The van der Waals surface area contributed by atoms with Gasteiger partial charge in [0, 0.05) is 13.1 Å². The number of amides is 2. The van der Waals surface area contributed by atoms with Gasteiger partial charge in [0.25, 0.3) is 0 Å². The molecule has 10 heteroatoms. The predicted molar refractivity (Wildman–Crippen MR) is 69.6 cm³/mol. The third kappa shape index (κ3) is 5.09. The van der Waals surface area contributed by atoms with E-state index < -0.39 is 18.0 Å². The summed E-state index contributed by atoms with van der Waals surface area (Å²) < 4.78 is 5.80. The number of nitrogens with one attached hydrogen (secondary N) is 1. The van der Waals surface area contributed by atoms with Gasteiger partial charge in [-0.25, -0.2) is 14.3 Å². The van der Waals surface area contributed by atoms with E-state index >= 15 is 0 Å².